The van der Waals surface area contributed by atoms with E-state index in [0.29, 0.717) is 13.1 Å². The molecule has 0 spiro atoms. The van der Waals surface area contributed by atoms with Crippen LogP contribution in [0.3, 0.4) is 0 Å². The number of nitrogens with zero attached hydrogens (tertiary/aromatic N) is 2. The second kappa shape index (κ2) is 9.51. The van der Waals surface area contributed by atoms with E-state index in [1.807, 2.05) is 25.3 Å². The summed E-state index contributed by atoms with van der Waals surface area (Å²) in [6.45, 7) is 8.17. The van der Waals surface area contributed by atoms with E-state index in [4.69, 9.17) is 4.74 Å². The molecule has 1 aromatic heterocycles. The van der Waals surface area contributed by atoms with Gasteiger partial charge in [-0.15, -0.1) is 0 Å². The van der Waals surface area contributed by atoms with Gasteiger partial charge in [0.05, 0.1) is 0 Å². The molecule has 1 aromatic rings. The van der Waals surface area contributed by atoms with Crippen molar-refractivity contribution in [1.29, 1.82) is 0 Å². The van der Waals surface area contributed by atoms with Crippen molar-refractivity contribution >= 4 is 12.1 Å². The molecule has 1 saturated heterocycles. The summed E-state index contributed by atoms with van der Waals surface area (Å²) in [5.41, 5.74) is 1.14. The summed E-state index contributed by atoms with van der Waals surface area (Å²) >= 11 is 0. The summed E-state index contributed by atoms with van der Waals surface area (Å²) in [5.74, 6) is 0.0210. The van der Waals surface area contributed by atoms with E-state index in [0.717, 1.165) is 31.4 Å². The van der Waals surface area contributed by atoms with Gasteiger partial charge in [-0.25, -0.2) is 9.59 Å². The van der Waals surface area contributed by atoms with Crippen LogP contribution in [0.5, 0.6) is 0 Å². The minimum Gasteiger partial charge on any atom is -0.375 e. The Morgan fingerprint density at radius 3 is 2.84 bits per heavy atom. The third-order valence-electron chi connectivity index (χ3n) is 4.86. The molecule has 1 amide bonds. The minimum atomic E-state index is -0.536. The lowest BCUT2D eigenvalue weighted by Gasteiger charge is -2.28. The summed E-state index contributed by atoms with van der Waals surface area (Å²) < 4.78 is 5.11. The zero-order chi connectivity index (χ0) is 18.2. The van der Waals surface area contributed by atoms with Crippen LogP contribution < -0.4 is 5.32 Å². The van der Waals surface area contributed by atoms with Gasteiger partial charge in [-0.2, -0.15) is 0 Å². The highest BCUT2D eigenvalue weighted by molar-refractivity contribution is 5.87. The van der Waals surface area contributed by atoms with E-state index >= 15 is 0 Å². The summed E-state index contributed by atoms with van der Waals surface area (Å²) in [5, 5.41) is 3.06. The van der Waals surface area contributed by atoms with Crippen LogP contribution in [0.25, 0.3) is 0 Å². The first-order valence-corrected chi connectivity index (χ1v) is 9.16. The first-order valence-electron chi connectivity index (χ1n) is 9.16. The normalized spacial score (nSPS) is 19.2. The molecule has 0 saturated carbocycles. The number of hydrogen-bond donors (Lipinski definition) is 1. The average molecular weight is 347 g/mol. The van der Waals surface area contributed by atoms with Gasteiger partial charge in [0.25, 0.3) is 0 Å². The van der Waals surface area contributed by atoms with Crippen molar-refractivity contribution in [2.24, 2.45) is 5.92 Å². The number of esters is 1. The van der Waals surface area contributed by atoms with Crippen molar-refractivity contribution in [3.8, 4) is 0 Å². The Labute approximate surface area is 150 Å². The van der Waals surface area contributed by atoms with E-state index in [-0.39, 0.29) is 17.9 Å². The van der Waals surface area contributed by atoms with Gasteiger partial charge in [0.1, 0.15) is 6.04 Å². The van der Waals surface area contributed by atoms with Gasteiger partial charge in [0.2, 0.25) is 0 Å². The maximum Gasteiger partial charge on any atom is 0.417 e. The lowest BCUT2D eigenvalue weighted by atomic mass is 9.89. The van der Waals surface area contributed by atoms with Crippen LogP contribution >= 0.6 is 0 Å². The molecule has 138 valence electrons. The number of carbonyl (C=O) groups is 2. The zero-order valence-electron chi connectivity index (χ0n) is 15.4. The molecule has 2 heterocycles. The summed E-state index contributed by atoms with van der Waals surface area (Å²) in [4.78, 5) is 30.3. The molecule has 1 N–H and O–H groups in total. The molecule has 1 fully saturated rings. The highest BCUT2D eigenvalue weighted by atomic mass is 16.6. The highest BCUT2D eigenvalue weighted by Crippen LogP contribution is 2.24. The molecule has 1 aliphatic heterocycles. The molecule has 0 radical (unpaired) electrons. The van der Waals surface area contributed by atoms with Crippen LogP contribution in [-0.2, 0) is 9.53 Å². The number of rotatable bonds is 7. The lowest BCUT2D eigenvalue weighted by Crippen LogP contribution is -2.41. The van der Waals surface area contributed by atoms with Crippen LogP contribution in [-0.4, -0.2) is 47.6 Å². The van der Waals surface area contributed by atoms with Crippen molar-refractivity contribution in [1.82, 2.24) is 15.2 Å². The fourth-order valence-corrected chi connectivity index (χ4v) is 3.11. The monoisotopic (exact) mass is 347 g/mol. The Morgan fingerprint density at radius 1 is 1.44 bits per heavy atom. The first kappa shape index (κ1) is 19.4. The van der Waals surface area contributed by atoms with E-state index in [2.05, 4.69) is 24.1 Å². The maximum absolute atomic E-state index is 12.4. The average Bonchev–Trinajstić information content (AvgIpc) is 3.16. The van der Waals surface area contributed by atoms with Gasteiger partial charge < -0.3 is 15.0 Å². The standard InChI is InChI=1S/C19H29N3O3/c1-4-11-22(19(24)25-18(23)17-8-6-10-21-17)13-14(2)15(3)16-7-5-9-20-12-16/h5,7,9,12,14-15,17,21H,4,6,8,10-11,13H2,1-3H3/t14-,15?,17?/m1/s1. The molecular weight excluding hydrogens is 318 g/mol. The largest absolute Gasteiger partial charge is 0.417 e. The molecule has 25 heavy (non-hydrogen) atoms. The van der Waals surface area contributed by atoms with Gasteiger partial charge in [-0.1, -0.05) is 26.8 Å². The van der Waals surface area contributed by atoms with Crippen molar-refractivity contribution in [3.63, 3.8) is 0 Å². The lowest BCUT2D eigenvalue weighted by molar-refractivity contribution is -0.140. The Kier molecular flexibility index (Phi) is 7.37. The van der Waals surface area contributed by atoms with Gasteiger partial charge in [-0.05, 0) is 49.3 Å². The van der Waals surface area contributed by atoms with E-state index in [9.17, 15) is 9.59 Å². The predicted octanol–water partition coefficient (Wildman–Crippen LogP) is 2.95. The number of aromatic nitrogens is 1. The highest BCUT2D eigenvalue weighted by Gasteiger charge is 2.28. The number of carbonyl (C=O) groups excluding carboxylic acids is 2. The molecule has 2 unspecified atom stereocenters. The third-order valence-corrected chi connectivity index (χ3v) is 4.86. The number of amides is 1. The summed E-state index contributed by atoms with van der Waals surface area (Å²) in [6, 6.07) is 3.62. The number of nitrogens with one attached hydrogen (secondary N) is 1. The number of pyridine rings is 1. The van der Waals surface area contributed by atoms with Crippen LogP contribution in [0.1, 0.15) is 51.5 Å². The Bertz CT molecular complexity index is 558. The van der Waals surface area contributed by atoms with E-state index in [1.54, 1.807) is 11.1 Å². The first-order chi connectivity index (χ1) is 12.0. The summed E-state index contributed by atoms with van der Waals surface area (Å²) in [6.07, 6.45) is 5.56. The Morgan fingerprint density at radius 2 is 2.24 bits per heavy atom. The molecule has 0 bridgehead atoms. The van der Waals surface area contributed by atoms with Gasteiger partial charge in [0, 0.05) is 25.5 Å². The topological polar surface area (TPSA) is 71.5 Å². The van der Waals surface area contributed by atoms with Gasteiger partial charge >= 0.3 is 12.1 Å². The smallest absolute Gasteiger partial charge is 0.375 e. The molecule has 6 heteroatoms. The molecule has 2 rings (SSSR count). The molecule has 3 atom stereocenters. The second-order valence-electron chi connectivity index (χ2n) is 6.83. The maximum atomic E-state index is 12.4. The predicted molar refractivity (Wildman–Crippen MR) is 96.2 cm³/mol. The zero-order valence-corrected chi connectivity index (χ0v) is 15.4. The molecule has 0 aromatic carbocycles. The minimum absolute atomic E-state index is 0.225. The third kappa shape index (κ3) is 5.53. The molecular formula is C19H29N3O3. The SMILES string of the molecule is CCCN(C[C@@H](C)C(C)c1cccnc1)C(=O)OC(=O)C1CCCN1. The van der Waals surface area contributed by atoms with Crippen LogP contribution in [0.2, 0.25) is 0 Å². The van der Waals surface area contributed by atoms with Gasteiger partial charge in [0.15, 0.2) is 0 Å². The van der Waals surface area contributed by atoms with Crippen molar-refractivity contribution in [2.45, 2.75) is 52.0 Å². The second-order valence-corrected chi connectivity index (χ2v) is 6.83. The molecule has 1 aliphatic rings. The van der Waals surface area contributed by atoms with Crippen molar-refractivity contribution in [3.05, 3.63) is 30.1 Å². The van der Waals surface area contributed by atoms with E-state index < -0.39 is 12.1 Å². The van der Waals surface area contributed by atoms with Gasteiger partial charge in [-0.3, -0.25) is 4.98 Å². The quantitative estimate of drug-likeness (QED) is 0.606. The molecule has 6 nitrogen and oxygen atoms in total. The van der Waals surface area contributed by atoms with Crippen LogP contribution in [0.4, 0.5) is 4.79 Å². The van der Waals surface area contributed by atoms with Crippen molar-refractivity contribution in [2.75, 3.05) is 19.6 Å². The Balaban J connectivity index is 1.94. The number of hydrogen-bond acceptors (Lipinski definition) is 5. The molecule has 0 aliphatic carbocycles. The van der Waals surface area contributed by atoms with Crippen molar-refractivity contribution < 1.29 is 14.3 Å². The van der Waals surface area contributed by atoms with Crippen LogP contribution in [0, 0.1) is 5.92 Å². The fourth-order valence-electron chi connectivity index (χ4n) is 3.11. The fraction of sp³-hybridized carbons (Fsp3) is 0.632. The number of ether oxygens (including phenoxy) is 1. The summed E-state index contributed by atoms with van der Waals surface area (Å²) in [7, 11) is 0. The Hall–Kier alpha value is -1.95. The van der Waals surface area contributed by atoms with Crippen LogP contribution in [0.15, 0.2) is 24.5 Å². The van der Waals surface area contributed by atoms with E-state index in [1.165, 1.54) is 0 Å².